The zero-order valence-electron chi connectivity index (χ0n) is 13.1. The Bertz CT molecular complexity index is 457. The summed E-state index contributed by atoms with van der Waals surface area (Å²) in [5, 5.41) is 13.9. The van der Waals surface area contributed by atoms with Crippen molar-refractivity contribution in [2.45, 2.75) is 65.1 Å². The smallest absolute Gasteiger partial charge is 0.123 e. The maximum absolute atomic E-state index is 10.5. The molecule has 0 aliphatic carbocycles. The summed E-state index contributed by atoms with van der Waals surface area (Å²) in [6, 6.07) is 4.14. The van der Waals surface area contributed by atoms with Crippen molar-refractivity contribution in [3.63, 3.8) is 0 Å². The lowest BCUT2D eigenvalue weighted by molar-refractivity contribution is -0.00645. The third-order valence-electron chi connectivity index (χ3n) is 3.84. The second-order valence-corrected chi connectivity index (χ2v) is 6.81. The number of aromatic hydroxyl groups is 1. The van der Waals surface area contributed by atoms with Crippen LogP contribution in [0.2, 0.25) is 0 Å². The van der Waals surface area contributed by atoms with Gasteiger partial charge in [0, 0.05) is 18.7 Å². The van der Waals surface area contributed by atoms with Crippen LogP contribution < -0.4 is 5.32 Å². The van der Waals surface area contributed by atoms with Gasteiger partial charge in [-0.3, -0.25) is 5.32 Å². The molecule has 112 valence electrons. The fourth-order valence-corrected chi connectivity index (χ4v) is 2.69. The van der Waals surface area contributed by atoms with Gasteiger partial charge in [-0.05, 0) is 37.2 Å². The molecule has 1 unspecified atom stereocenters. The van der Waals surface area contributed by atoms with Crippen molar-refractivity contribution in [3.8, 4) is 5.75 Å². The van der Waals surface area contributed by atoms with Crippen LogP contribution >= 0.6 is 0 Å². The molecule has 1 aromatic rings. The van der Waals surface area contributed by atoms with E-state index >= 15 is 0 Å². The normalized spacial score (nSPS) is 20.1. The van der Waals surface area contributed by atoms with Crippen LogP contribution in [0.3, 0.4) is 0 Å². The van der Waals surface area contributed by atoms with Crippen LogP contribution in [0.4, 0.5) is 0 Å². The highest BCUT2D eigenvalue weighted by molar-refractivity contribution is 5.46. The van der Waals surface area contributed by atoms with Gasteiger partial charge in [0.05, 0.1) is 0 Å². The van der Waals surface area contributed by atoms with Crippen molar-refractivity contribution in [2.24, 2.45) is 0 Å². The van der Waals surface area contributed by atoms with E-state index in [4.69, 9.17) is 4.74 Å². The van der Waals surface area contributed by atoms with E-state index in [2.05, 4.69) is 45.1 Å². The Kier molecular flexibility index (Phi) is 4.71. The van der Waals surface area contributed by atoms with Gasteiger partial charge < -0.3 is 9.84 Å². The number of phenols is 1. The molecule has 0 spiro atoms. The van der Waals surface area contributed by atoms with E-state index in [1.54, 1.807) is 0 Å². The molecule has 1 heterocycles. The lowest BCUT2D eigenvalue weighted by Crippen LogP contribution is -2.34. The summed E-state index contributed by atoms with van der Waals surface area (Å²) in [7, 11) is 0. The molecule has 1 saturated heterocycles. The van der Waals surface area contributed by atoms with Gasteiger partial charge in [0.25, 0.3) is 0 Å². The van der Waals surface area contributed by atoms with Gasteiger partial charge >= 0.3 is 0 Å². The molecule has 0 radical (unpaired) electrons. The molecule has 1 aromatic carbocycles. The maximum Gasteiger partial charge on any atom is 0.123 e. The van der Waals surface area contributed by atoms with E-state index in [1.807, 2.05) is 0 Å². The molecule has 0 aromatic heterocycles. The molecule has 2 N–H and O–H groups in total. The molecule has 0 bridgehead atoms. The van der Waals surface area contributed by atoms with E-state index in [1.165, 1.54) is 12.0 Å². The summed E-state index contributed by atoms with van der Waals surface area (Å²) in [6.07, 6.45) is 3.55. The van der Waals surface area contributed by atoms with Crippen LogP contribution in [-0.2, 0) is 16.7 Å². The monoisotopic (exact) mass is 277 g/mol. The van der Waals surface area contributed by atoms with E-state index in [9.17, 15) is 5.11 Å². The second kappa shape index (κ2) is 6.15. The molecular formula is C17H27NO2. The molecule has 1 atom stereocenters. The van der Waals surface area contributed by atoms with Gasteiger partial charge in [0.15, 0.2) is 0 Å². The van der Waals surface area contributed by atoms with Crippen molar-refractivity contribution >= 4 is 0 Å². The number of ether oxygens (including phenoxy) is 1. The Labute approximate surface area is 122 Å². The number of aryl methyl sites for hydroxylation is 1. The van der Waals surface area contributed by atoms with E-state index in [0.29, 0.717) is 12.3 Å². The van der Waals surface area contributed by atoms with Gasteiger partial charge in [0.2, 0.25) is 0 Å². The van der Waals surface area contributed by atoms with Crippen LogP contribution in [0.25, 0.3) is 0 Å². The number of hydrogen-bond acceptors (Lipinski definition) is 3. The molecule has 3 nitrogen and oxygen atoms in total. The fraction of sp³-hybridized carbons (Fsp3) is 0.647. The van der Waals surface area contributed by atoms with E-state index in [-0.39, 0.29) is 11.6 Å². The average molecular weight is 277 g/mol. The molecule has 1 fully saturated rings. The minimum atomic E-state index is -0.0494. The minimum Gasteiger partial charge on any atom is -0.507 e. The first kappa shape index (κ1) is 15.3. The first-order chi connectivity index (χ1) is 9.38. The maximum atomic E-state index is 10.5. The lowest BCUT2D eigenvalue weighted by Gasteiger charge is -2.26. The van der Waals surface area contributed by atoms with Gasteiger partial charge in [-0.15, -0.1) is 0 Å². The van der Waals surface area contributed by atoms with E-state index in [0.717, 1.165) is 30.6 Å². The highest BCUT2D eigenvalue weighted by Gasteiger charge is 2.21. The molecule has 0 amide bonds. The predicted molar refractivity (Wildman–Crippen MR) is 82.0 cm³/mol. The van der Waals surface area contributed by atoms with Crippen LogP contribution in [0.15, 0.2) is 12.1 Å². The molecule has 20 heavy (non-hydrogen) atoms. The lowest BCUT2D eigenvalue weighted by atomic mass is 9.84. The van der Waals surface area contributed by atoms with Gasteiger partial charge in [-0.1, -0.05) is 38.5 Å². The summed E-state index contributed by atoms with van der Waals surface area (Å²) in [4.78, 5) is 0. The largest absolute Gasteiger partial charge is 0.507 e. The Morgan fingerprint density at radius 2 is 2.05 bits per heavy atom. The van der Waals surface area contributed by atoms with Crippen molar-refractivity contribution < 1.29 is 9.84 Å². The third kappa shape index (κ3) is 3.74. The highest BCUT2D eigenvalue weighted by Crippen LogP contribution is 2.34. The number of nitrogens with one attached hydrogen (secondary N) is 1. The van der Waals surface area contributed by atoms with Crippen molar-refractivity contribution in [2.75, 3.05) is 6.61 Å². The molecule has 1 aliphatic rings. The summed E-state index contributed by atoms with van der Waals surface area (Å²) >= 11 is 0. The number of benzene rings is 1. The Hall–Kier alpha value is -1.06. The van der Waals surface area contributed by atoms with Crippen LogP contribution in [0.5, 0.6) is 5.75 Å². The van der Waals surface area contributed by atoms with Crippen molar-refractivity contribution in [3.05, 3.63) is 28.8 Å². The summed E-state index contributed by atoms with van der Waals surface area (Å²) in [5.74, 6) is 0.423. The average Bonchev–Trinajstić information content (AvgIpc) is 2.39. The van der Waals surface area contributed by atoms with Crippen LogP contribution in [-0.4, -0.2) is 17.9 Å². The number of rotatable bonds is 3. The summed E-state index contributed by atoms with van der Waals surface area (Å²) in [5.41, 5.74) is 3.11. The molecule has 3 heteroatoms. The third-order valence-corrected chi connectivity index (χ3v) is 3.84. The van der Waals surface area contributed by atoms with Gasteiger partial charge in [0.1, 0.15) is 12.0 Å². The SMILES string of the molecule is Cc1cc(CNC2CCCCO2)c(O)c(C(C)(C)C)c1. The highest BCUT2D eigenvalue weighted by atomic mass is 16.5. The number of phenolic OH excluding ortho intramolecular Hbond substituents is 1. The van der Waals surface area contributed by atoms with Crippen LogP contribution in [0.1, 0.15) is 56.7 Å². The predicted octanol–water partition coefficient (Wildman–Crippen LogP) is 3.61. The molecule has 0 saturated carbocycles. The Balaban J connectivity index is 2.12. The first-order valence-corrected chi connectivity index (χ1v) is 7.56. The van der Waals surface area contributed by atoms with E-state index < -0.39 is 0 Å². The van der Waals surface area contributed by atoms with Crippen molar-refractivity contribution in [1.82, 2.24) is 5.32 Å². The number of hydrogen-bond donors (Lipinski definition) is 2. The summed E-state index contributed by atoms with van der Waals surface area (Å²) < 4.78 is 5.67. The van der Waals surface area contributed by atoms with Crippen molar-refractivity contribution in [1.29, 1.82) is 0 Å². The quantitative estimate of drug-likeness (QED) is 0.886. The molecular weight excluding hydrogens is 250 g/mol. The van der Waals surface area contributed by atoms with Gasteiger partial charge in [-0.2, -0.15) is 0 Å². The molecule has 1 aliphatic heterocycles. The Morgan fingerprint density at radius 3 is 2.65 bits per heavy atom. The topological polar surface area (TPSA) is 41.5 Å². The first-order valence-electron chi connectivity index (χ1n) is 7.56. The minimum absolute atomic E-state index is 0.0494. The van der Waals surface area contributed by atoms with Crippen LogP contribution in [0, 0.1) is 6.92 Å². The summed E-state index contributed by atoms with van der Waals surface area (Å²) in [6.45, 7) is 9.95. The standard InChI is InChI=1S/C17H27NO2/c1-12-9-13(11-18-15-7-5-6-8-20-15)16(19)14(10-12)17(2,3)4/h9-10,15,18-19H,5-8,11H2,1-4H3. The Morgan fingerprint density at radius 1 is 1.30 bits per heavy atom. The van der Waals surface area contributed by atoms with Gasteiger partial charge in [-0.25, -0.2) is 0 Å². The zero-order valence-corrected chi connectivity index (χ0v) is 13.1. The molecule has 2 rings (SSSR count). The fourth-order valence-electron chi connectivity index (χ4n) is 2.69. The zero-order chi connectivity index (χ0) is 14.8. The second-order valence-electron chi connectivity index (χ2n) is 6.81.